The number of hydrogen-bond donors (Lipinski definition) is 4. The van der Waals surface area contributed by atoms with Crippen LogP contribution in [0.3, 0.4) is 0 Å². The van der Waals surface area contributed by atoms with E-state index in [2.05, 4.69) is 33.1 Å². The maximum atomic E-state index is 14.5. The minimum Gasteiger partial charge on any atom is -0.348 e. The lowest BCUT2D eigenvalue weighted by Crippen LogP contribution is -2.63. The molecule has 0 bridgehead atoms. The summed E-state index contributed by atoms with van der Waals surface area (Å²) in [6.45, 7) is 9.73. The molecule has 1 aromatic carbocycles. The van der Waals surface area contributed by atoms with Crippen molar-refractivity contribution in [1.82, 2.24) is 26.2 Å². The molecule has 3 rings (SSSR count). The molecule has 0 spiro atoms. The van der Waals surface area contributed by atoms with Crippen LogP contribution >= 0.6 is 0 Å². The van der Waals surface area contributed by atoms with Crippen LogP contribution in [0.15, 0.2) is 30.3 Å². The molecular weight excluding hydrogens is 695 g/mol. The summed E-state index contributed by atoms with van der Waals surface area (Å²) in [6, 6.07) is 4.96. The summed E-state index contributed by atoms with van der Waals surface area (Å²) in [6.07, 6.45) is 14.8. The zero-order chi connectivity index (χ0) is 39.4. The highest BCUT2D eigenvalue weighted by atomic mass is 32.2. The van der Waals surface area contributed by atoms with Crippen molar-refractivity contribution in [2.24, 2.45) is 17.3 Å². The Morgan fingerprint density at radius 2 is 1.60 bits per heavy atom. The van der Waals surface area contributed by atoms with Crippen LogP contribution in [0.1, 0.15) is 98.0 Å². The van der Waals surface area contributed by atoms with Crippen LogP contribution in [0, 0.1) is 41.9 Å². The molecule has 2 fully saturated rings. The molecule has 1 aliphatic carbocycles. The first-order valence-electron chi connectivity index (χ1n) is 18.5. The SMILES string of the molecule is C#CCCNC(=O)C(=O)C(CCC#C)NC(=O)[C@@H]1C[C@@H](C(C)C)CN1C(=O)[C@@H](NC(=O)NC1(CS(=O)(=O)Cc2ccccc2)CCCCC1)C(C)(C)C. The van der Waals surface area contributed by atoms with Crippen LogP contribution in [-0.4, -0.2) is 85.4 Å². The number of carbonyl (C=O) groups excluding carboxylic acids is 5. The number of nitrogens with zero attached hydrogens (tertiary/aromatic N) is 1. The quantitative estimate of drug-likeness (QED) is 0.114. The Labute approximate surface area is 315 Å². The maximum absolute atomic E-state index is 14.5. The predicted molar refractivity (Wildman–Crippen MR) is 205 cm³/mol. The Morgan fingerprint density at radius 3 is 2.19 bits per heavy atom. The molecule has 0 radical (unpaired) electrons. The Morgan fingerprint density at radius 1 is 0.962 bits per heavy atom. The third-order valence-corrected chi connectivity index (χ3v) is 11.9. The van der Waals surface area contributed by atoms with Gasteiger partial charge in [-0.2, -0.15) is 0 Å². The van der Waals surface area contributed by atoms with Crippen molar-refractivity contribution < 1.29 is 32.4 Å². The Hall–Kier alpha value is -4.36. The van der Waals surface area contributed by atoms with Gasteiger partial charge in [0.1, 0.15) is 12.1 Å². The highest BCUT2D eigenvalue weighted by Crippen LogP contribution is 2.33. The van der Waals surface area contributed by atoms with Crippen LogP contribution in [0.5, 0.6) is 0 Å². The molecule has 0 aromatic heterocycles. The van der Waals surface area contributed by atoms with Crippen molar-refractivity contribution >= 4 is 39.4 Å². The Balaban J connectivity index is 1.84. The fourth-order valence-corrected chi connectivity index (χ4v) is 9.16. The topological polar surface area (TPSA) is 171 Å². The van der Waals surface area contributed by atoms with E-state index in [1.165, 1.54) is 4.90 Å². The van der Waals surface area contributed by atoms with Gasteiger partial charge in [0.2, 0.25) is 17.6 Å². The van der Waals surface area contributed by atoms with Gasteiger partial charge in [-0.15, -0.1) is 24.7 Å². The number of nitrogens with one attached hydrogen (secondary N) is 4. The van der Waals surface area contributed by atoms with Gasteiger partial charge in [0, 0.05) is 25.9 Å². The first-order chi connectivity index (χ1) is 24.9. The molecule has 290 valence electrons. The van der Waals surface area contributed by atoms with E-state index in [1.807, 2.05) is 19.9 Å². The van der Waals surface area contributed by atoms with E-state index in [9.17, 15) is 32.4 Å². The van der Waals surface area contributed by atoms with Gasteiger partial charge in [-0.05, 0) is 48.5 Å². The van der Waals surface area contributed by atoms with Crippen molar-refractivity contribution in [2.45, 2.75) is 122 Å². The smallest absolute Gasteiger partial charge is 0.315 e. The molecule has 1 aromatic rings. The molecule has 1 aliphatic heterocycles. The van der Waals surface area contributed by atoms with E-state index in [4.69, 9.17) is 12.8 Å². The predicted octanol–water partition coefficient (Wildman–Crippen LogP) is 3.50. The van der Waals surface area contributed by atoms with Crippen LogP contribution in [0.4, 0.5) is 4.79 Å². The molecule has 5 amide bonds. The third kappa shape index (κ3) is 12.6. The van der Waals surface area contributed by atoms with Gasteiger partial charge in [0.15, 0.2) is 9.84 Å². The molecule has 1 heterocycles. The van der Waals surface area contributed by atoms with Gasteiger partial charge in [-0.25, -0.2) is 13.2 Å². The summed E-state index contributed by atoms with van der Waals surface area (Å²) < 4.78 is 26.9. The minimum absolute atomic E-state index is 0.0209. The van der Waals surface area contributed by atoms with E-state index >= 15 is 0 Å². The third-order valence-electron chi connectivity index (χ3n) is 10.2. The molecule has 12 nitrogen and oxygen atoms in total. The van der Waals surface area contributed by atoms with Gasteiger partial charge < -0.3 is 26.2 Å². The number of ketones is 1. The monoisotopic (exact) mass is 751 g/mol. The number of terminal acetylenes is 2. The van der Waals surface area contributed by atoms with E-state index in [0.717, 1.165) is 19.3 Å². The van der Waals surface area contributed by atoms with Crippen LogP contribution in [0.2, 0.25) is 0 Å². The molecule has 1 saturated heterocycles. The number of likely N-dealkylation sites (tertiary alicyclic amines) is 1. The summed E-state index contributed by atoms with van der Waals surface area (Å²) in [5.74, 6) is 1.64. The van der Waals surface area contributed by atoms with Gasteiger partial charge >= 0.3 is 6.03 Å². The fraction of sp³-hybridized carbons (Fsp3) is 0.625. The molecule has 13 heteroatoms. The number of benzene rings is 1. The zero-order valence-electron chi connectivity index (χ0n) is 31.8. The number of sulfone groups is 1. The highest BCUT2D eigenvalue weighted by Gasteiger charge is 2.47. The first-order valence-corrected chi connectivity index (χ1v) is 20.4. The van der Waals surface area contributed by atoms with Crippen molar-refractivity contribution in [3.8, 4) is 24.7 Å². The first kappa shape index (κ1) is 43.0. The summed E-state index contributed by atoms with van der Waals surface area (Å²) in [5.41, 5.74) is -1.15. The summed E-state index contributed by atoms with van der Waals surface area (Å²) in [5, 5.41) is 11.0. The van der Waals surface area contributed by atoms with E-state index in [0.29, 0.717) is 24.8 Å². The number of hydrogen-bond acceptors (Lipinski definition) is 7. The Bertz CT molecular complexity index is 1650. The molecule has 4 atom stereocenters. The second-order valence-electron chi connectivity index (χ2n) is 15.9. The molecule has 4 N–H and O–H groups in total. The molecular formula is C40H57N5O7S. The summed E-state index contributed by atoms with van der Waals surface area (Å²) in [4.78, 5) is 69.4. The average Bonchev–Trinajstić information content (AvgIpc) is 3.55. The van der Waals surface area contributed by atoms with Crippen molar-refractivity contribution in [3.63, 3.8) is 0 Å². The van der Waals surface area contributed by atoms with Crippen molar-refractivity contribution in [2.75, 3.05) is 18.8 Å². The normalized spacial score (nSPS) is 19.6. The molecule has 53 heavy (non-hydrogen) atoms. The summed E-state index contributed by atoms with van der Waals surface area (Å²) in [7, 11) is -3.62. The standard InChI is InChI=1S/C40H57N5O7S/c1-8-10-20-31(33(46)36(48)41-23-11-9-2)42-35(47)32-24-30(28(3)4)25-45(32)37(49)34(39(5,6)7)43-38(50)44-40(21-16-13-17-22-40)27-53(51,52)26-29-18-14-12-15-19-29/h1-2,12,14-15,18-19,28,30-32,34H,10-11,13,16-17,20-27H2,3-7H3,(H,41,48)(H,42,47)(H2,43,44,50)/t30-,31?,32+,34-/m1/s1. The second kappa shape index (κ2) is 19.1. The zero-order valence-corrected chi connectivity index (χ0v) is 32.7. The number of carbonyl (C=O) groups is 5. The number of urea groups is 1. The molecule has 2 aliphatic rings. The lowest BCUT2D eigenvalue weighted by atomic mass is 9.83. The Kier molecular flexibility index (Phi) is 15.5. The average molecular weight is 752 g/mol. The lowest BCUT2D eigenvalue weighted by molar-refractivity contribution is -0.143. The van der Waals surface area contributed by atoms with Crippen LogP contribution in [-0.2, 0) is 34.8 Å². The molecule has 1 unspecified atom stereocenters. The summed E-state index contributed by atoms with van der Waals surface area (Å²) >= 11 is 0. The van der Waals surface area contributed by atoms with Crippen LogP contribution in [0.25, 0.3) is 0 Å². The highest BCUT2D eigenvalue weighted by molar-refractivity contribution is 7.90. The van der Waals surface area contributed by atoms with Crippen molar-refractivity contribution in [3.05, 3.63) is 35.9 Å². The fourth-order valence-electron chi connectivity index (χ4n) is 7.16. The maximum Gasteiger partial charge on any atom is 0.315 e. The number of amides is 5. The van der Waals surface area contributed by atoms with Gasteiger partial charge in [0.05, 0.1) is 23.1 Å². The van der Waals surface area contributed by atoms with E-state index < -0.39 is 68.5 Å². The van der Waals surface area contributed by atoms with Gasteiger partial charge in [-0.1, -0.05) is 84.2 Å². The van der Waals surface area contributed by atoms with Crippen molar-refractivity contribution in [1.29, 1.82) is 0 Å². The number of Topliss-reactive ketones (excluding diaryl/α,β-unsaturated/α-hetero) is 1. The van der Waals surface area contributed by atoms with E-state index in [-0.39, 0.29) is 55.7 Å². The number of rotatable bonds is 16. The minimum atomic E-state index is -3.62. The second-order valence-corrected chi connectivity index (χ2v) is 17.9. The molecule has 1 saturated carbocycles. The lowest BCUT2D eigenvalue weighted by Gasteiger charge is -2.40. The van der Waals surface area contributed by atoms with Gasteiger partial charge in [0.25, 0.3) is 5.91 Å². The van der Waals surface area contributed by atoms with Gasteiger partial charge in [-0.3, -0.25) is 19.2 Å². The van der Waals surface area contributed by atoms with Crippen LogP contribution < -0.4 is 21.3 Å². The van der Waals surface area contributed by atoms with E-state index in [1.54, 1.807) is 45.0 Å². The largest absolute Gasteiger partial charge is 0.348 e.